The fourth-order valence-electron chi connectivity index (χ4n) is 2.84. The van der Waals surface area contributed by atoms with Gasteiger partial charge in [0.15, 0.2) is 0 Å². The normalized spacial score (nSPS) is 12.3. The smallest absolute Gasteiger partial charge is 0.330 e. The molecule has 0 spiro atoms. The van der Waals surface area contributed by atoms with Crippen LogP contribution in [0.15, 0.2) is 95.8 Å². The zero-order valence-electron chi connectivity index (χ0n) is 20.8. The van der Waals surface area contributed by atoms with E-state index in [0.717, 1.165) is 21.9 Å². The summed E-state index contributed by atoms with van der Waals surface area (Å²) in [5.41, 5.74) is 0. The third kappa shape index (κ3) is 14.7. The van der Waals surface area contributed by atoms with Crippen molar-refractivity contribution in [3.05, 3.63) is 86.0 Å². The molecule has 200 valence electrons. The highest BCUT2D eigenvalue weighted by Crippen LogP contribution is 2.20. The lowest BCUT2D eigenvalue weighted by Crippen LogP contribution is -2.27. The molecule has 0 aliphatic heterocycles. The third-order valence-corrected chi connectivity index (χ3v) is 6.90. The molecule has 2 aromatic rings. The minimum atomic E-state index is -0.477. The number of benzene rings is 2. The minimum Gasteiger partial charge on any atom is -0.456 e. The molecular formula is C28H34O7S2. The largest absolute Gasteiger partial charge is 0.456 e. The predicted molar refractivity (Wildman–Crippen MR) is 147 cm³/mol. The second-order valence-corrected chi connectivity index (χ2v) is 9.72. The van der Waals surface area contributed by atoms with Crippen molar-refractivity contribution in [3.8, 4) is 0 Å². The molecule has 2 atom stereocenters. The van der Waals surface area contributed by atoms with Gasteiger partial charge in [0, 0.05) is 33.4 Å². The van der Waals surface area contributed by atoms with Gasteiger partial charge in [0.25, 0.3) is 0 Å². The molecule has 0 bridgehead atoms. The zero-order valence-corrected chi connectivity index (χ0v) is 22.5. The van der Waals surface area contributed by atoms with E-state index in [1.165, 1.54) is 0 Å². The summed E-state index contributed by atoms with van der Waals surface area (Å²) in [7, 11) is 0. The Balaban J connectivity index is 1.59. The van der Waals surface area contributed by atoms with Crippen LogP contribution in [0.3, 0.4) is 0 Å². The van der Waals surface area contributed by atoms with Gasteiger partial charge in [0.05, 0.1) is 39.6 Å². The van der Waals surface area contributed by atoms with Crippen molar-refractivity contribution in [2.24, 2.45) is 0 Å². The molecule has 9 heteroatoms. The molecule has 0 fully saturated rings. The lowest BCUT2D eigenvalue weighted by molar-refractivity contribution is -0.145. The fraction of sp³-hybridized carbons (Fsp3) is 0.357. The van der Waals surface area contributed by atoms with Gasteiger partial charge in [-0.2, -0.15) is 0 Å². The van der Waals surface area contributed by atoms with E-state index >= 15 is 0 Å². The first-order chi connectivity index (χ1) is 18.1. The number of hydrogen-bond donors (Lipinski definition) is 0. The van der Waals surface area contributed by atoms with E-state index in [9.17, 15) is 9.59 Å². The summed E-state index contributed by atoms with van der Waals surface area (Å²) < 4.78 is 27.6. The quantitative estimate of drug-likeness (QED) is 0.101. The fourth-order valence-corrected chi connectivity index (χ4v) is 4.62. The monoisotopic (exact) mass is 546 g/mol. The molecule has 2 aromatic carbocycles. The van der Waals surface area contributed by atoms with Gasteiger partial charge in [-0.15, -0.1) is 23.5 Å². The van der Waals surface area contributed by atoms with Crippen molar-refractivity contribution >= 4 is 35.5 Å². The van der Waals surface area contributed by atoms with Crippen LogP contribution in [0.25, 0.3) is 0 Å². The van der Waals surface area contributed by atoms with Crippen molar-refractivity contribution in [2.75, 3.05) is 51.1 Å². The third-order valence-electron chi connectivity index (χ3n) is 4.61. The number of esters is 2. The van der Waals surface area contributed by atoms with Crippen molar-refractivity contribution < 1.29 is 33.3 Å². The van der Waals surface area contributed by atoms with Crippen LogP contribution in [-0.2, 0) is 33.3 Å². The van der Waals surface area contributed by atoms with Gasteiger partial charge in [-0.25, -0.2) is 9.59 Å². The highest BCUT2D eigenvalue weighted by molar-refractivity contribution is 7.99. The topological polar surface area (TPSA) is 80.3 Å². The summed E-state index contributed by atoms with van der Waals surface area (Å²) >= 11 is 3.18. The van der Waals surface area contributed by atoms with Crippen LogP contribution >= 0.6 is 23.5 Å². The standard InChI is InChI=1S/C28H34O7S2/c1-3-27(29)34-23(21-36-25-11-7-5-8-12-25)19-32-17-15-31-16-18-33-20-24(35-28(30)4-2)22-37-26-13-9-6-10-14-26/h3-14,23-24H,1-2,15-22H2. The number of ether oxygens (including phenoxy) is 5. The maximum atomic E-state index is 11.6. The Morgan fingerprint density at radius 3 is 1.41 bits per heavy atom. The summed E-state index contributed by atoms with van der Waals surface area (Å²) in [6, 6.07) is 19.8. The number of carbonyl (C=O) groups excluding carboxylic acids is 2. The SMILES string of the molecule is C=CC(=O)OC(COCCOCCOCC(CSc1ccccc1)OC(=O)C=C)CSc1ccccc1. The number of hydrogen-bond acceptors (Lipinski definition) is 9. The van der Waals surface area contributed by atoms with Gasteiger partial charge < -0.3 is 23.7 Å². The second-order valence-electron chi connectivity index (χ2n) is 7.54. The van der Waals surface area contributed by atoms with E-state index in [4.69, 9.17) is 23.7 Å². The molecule has 0 aliphatic carbocycles. The van der Waals surface area contributed by atoms with Crippen molar-refractivity contribution in [1.29, 1.82) is 0 Å². The molecule has 0 saturated carbocycles. The maximum Gasteiger partial charge on any atom is 0.330 e. The van der Waals surface area contributed by atoms with Crippen LogP contribution in [0, 0.1) is 0 Å². The first kappa shape index (κ1) is 30.7. The van der Waals surface area contributed by atoms with Gasteiger partial charge in [-0.3, -0.25) is 0 Å². The van der Waals surface area contributed by atoms with Gasteiger partial charge >= 0.3 is 11.9 Å². The Bertz CT molecular complexity index is 849. The Labute approximate surface area is 227 Å². The van der Waals surface area contributed by atoms with Crippen LogP contribution < -0.4 is 0 Å². The van der Waals surface area contributed by atoms with Crippen LogP contribution in [0.4, 0.5) is 0 Å². The molecule has 0 amide bonds. The number of carbonyl (C=O) groups is 2. The van der Waals surface area contributed by atoms with Gasteiger partial charge in [-0.1, -0.05) is 49.6 Å². The Morgan fingerprint density at radius 1 is 0.649 bits per heavy atom. The van der Waals surface area contributed by atoms with Crippen LogP contribution in [0.2, 0.25) is 0 Å². The highest BCUT2D eigenvalue weighted by Gasteiger charge is 2.15. The van der Waals surface area contributed by atoms with Gasteiger partial charge in [0.1, 0.15) is 12.2 Å². The average Bonchev–Trinajstić information content (AvgIpc) is 2.94. The molecule has 0 N–H and O–H groups in total. The molecule has 2 rings (SSSR count). The molecule has 0 saturated heterocycles. The van der Waals surface area contributed by atoms with E-state index < -0.39 is 24.1 Å². The van der Waals surface area contributed by atoms with E-state index in [0.29, 0.717) is 37.9 Å². The first-order valence-electron chi connectivity index (χ1n) is 11.9. The van der Waals surface area contributed by atoms with E-state index in [2.05, 4.69) is 13.2 Å². The van der Waals surface area contributed by atoms with Gasteiger partial charge in [-0.05, 0) is 24.3 Å². The molecule has 0 heterocycles. The number of thioether (sulfide) groups is 2. The molecule has 7 nitrogen and oxygen atoms in total. The lowest BCUT2D eigenvalue weighted by atomic mass is 10.4. The molecule has 0 radical (unpaired) electrons. The van der Waals surface area contributed by atoms with E-state index in [1.54, 1.807) is 23.5 Å². The van der Waals surface area contributed by atoms with Crippen molar-refractivity contribution in [2.45, 2.75) is 22.0 Å². The summed E-state index contributed by atoms with van der Waals surface area (Å²) in [5.74, 6) is 0.182. The van der Waals surface area contributed by atoms with Gasteiger partial charge in [0.2, 0.25) is 0 Å². The molecular weight excluding hydrogens is 512 g/mol. The van der Waals surface area contributed by atoms with E-state index in [-0.39, 0.29) is 13.2 Å². The van der Waals surface area contributed by atoms with Crippen molar-refractivity contribution in [3.63, 3.8) is 0 Å². The second kappa shape index (κ2) is 19.5. The first-order valence-corrected chi connectivity index (χ1v) is 13.8. The van der Waals surface area contributed by atoms with Crippen molar-refractivity contribution in [1.82, 2.24) is 0 Å². The Kier molecular flexibility index (Phi) is 16.2. The lowest BCUT2D eigenvalue weighted by Gasteiger charge is -2.18. The van der Waals surface area contributed by atoms with Crippen LogP contribution in [-0.4, -0.2) is 75.3 Å². The Hall–Kier alpha value is -2.56. The zero-order chi connectivity index (χ0) is 26.6. The van der Waals surface area contributed by atoms with Crippen LogP contribution in [0.1, 0.15) is 0 Å². The molecule has 2 unspecified atom stereocenters. The Morgan fingerprint density at radius 2 is 1.03 bits per heavy atom. The molecule has 37 heavy (non-hydrogen) atoms. The summed E-state index contributed by atoms with van der Waals surface area (Å²) in [6.45, 7) is 8.86. The highest BCUT2D eigenvalue weighted by atomic mass is 32.2. The average molecular weight is 547 g/mol. The summed E-state index contributed by atoms with van der Waals surface area (Å²) in [4.78, 5) is 25.4. The molecule has 0 aromatic heterocycles. The predicted octanol–water partition coefficient (Wildman–Crippen LogP) is 4.82. The summed E-state index contributed by atoms with van der Waals surface area (Å²) in [5, 5.41) is 0. The maximum absolute atomic E-state index is 11.6. The molecule has 0 aliphatic rings. The number of rotatable bonds is 20. The summed E-state index contributed by atoms with van der Waals surface area (Å²) in [6.07, 6.45) is 1.49. The van der Waals surface area contributed by atoms with Crippen LogP contribution in [0.5, 0.6) is 0 Å². The van der Waals surface area contributed by atoms with E-state index in [1.807, 2.05) is 60.7 Å². The minimum absolute atomic E-state index is 0.259.